The number of unbranched alkanes of at least 4 members (excludes halogenated alkanes) is 2. The van der Waals surface area contributed by atoms with Crippen molar-refractivity contribution in [3.05, 3.63) is 72.3 Å². The van der Waals surface area contributed by atoms with Crippen LogP contribution in [-0.4, -0.2) is 18.4 Å². The number of hydrogen-bond donors (Lipinski definition) is 0. The minimum Gasteiger partial charge on any atom is -0.399 e. The van der Waals surface area contributed by atoms with E-state index in [0.717, 1.165) is 5.56 Å². The molecule has 0 aromatic heterocycles. The zero-order chi connectivity index (χ0) is 22.2. The molecule has 0 unspecified atom stereocenters. The predicted molar refractivity (Wildman–Crippen MR) is 102 cm³/mol. The highest BCUT2D eigenvalue weighted by molar-refractivity contribution is 6.15. The third-order valence-corrected chi connectivity index (χ3v) is 4.17. The van der Waals surface area contributed by atoms with E-state index in [1.807, 2.05) is 0 Å². The highest BCUT2D eigenvalue weighted by atomic mass is 19.4. The summed E-state index contributed by atoms with van der Waals surface area (Å²) >= 11 is 0. The minimum atomic E-state index is -4.20. The molecule has 0 heterocycles. The first-order chi connectivity index (χ1) is 14.1. The molecule has 0 N–H and O–H groups in total. The fourth-order valence-corrected chi connectivity index (χ4v) is 2.64. The van der Waals surface area contributed by atoms with E-state index >= 15 is 0 Å². The largest absolute Gasteiger partial charge is 0.588 e. The fourth-order valence-electron chi connectivity index (χ4n) is 2.64. The Kier molecular flexibility index (Phi) is 7.97. The van der Waals surface area contributed by atoms with Gasteiger partial charge in [0.2, 0.25) is 0 Å². The number of hydrogen-bond acceptors (Lipinski definition) is 3. The van der Waals surface area contributed by atoms with E-state index in [-0.39, 0.29) is 17.7 Å². The zero-order valence-electron chi connectivity index (χ0n) is 16.1. The van der Waals surface area contributed by atoms with Gasteiger partial charge < -0.3 is 9.47 Å². The Bertz CT molecular complexity index is 830. The van der Waals surface area contributed by atoms with Crippen molar-refractivity contribution in [2.45, 2.75) is 44.6 Å². The average molecular weight is 428 g/mol. The number of benzene rings is 2. The Morgan fingerprint density at radius 2 is 1.50 bits per heavy atom. The number of ether oxygens (including phenoxy) is 2. The van der Waals surface area contributed by atoms with E-state index in [9.17, 15) is 26.7 Å². The summed E-state index contributed by atoms with van der Waals surface area (Å²) in [6.07, 6.45) is -7.64. The molecule has 0 radical (unpaired) electrons. The normalized spacial score (nSPS) is 11.8. The van der Waals surface area contributed by atoms with Crippen molar-refractivity contribution < 1.29 is 36.2 Å². The maximum Gasteiger partial charge on any atom is 0.588 e. The van der Waals surface area contributed by atoms with Crippen molar-refractivity contribution in [3.8, 4) is 5.75 Å². The van der Waals surface area contributed by atoms with Crippen LogP contribution in [0.5, 0.6) is 5.75 Å². The average Bonchev–Trinajstić information content (AvgIpc) is 2.67. The molecule has 3 nitrogen and oxygen atoms in total. The maximum atomic E-state index is 13.9. The molecule has 30 heavy (non-hydrogen) atoms. The Morgan fingerprint density at radius 3 is 2.10 bits per heavy atom. The van der Waals surface area contributed by atoms with Crippen LogP contribution < -0.4 is 4.74 Å². The lowest BCUT2D eigenvalue weighted by Crippen LogP contribution is -2.31. The van der Waals surface area contributed by atoms with Crippen LogP contribution in [0, 0.1) is 0 Å². The van der Waals surface area contributed by atoms with Crippen LogP contribution in [0.15, 0.2) is 61.2 Å². The lowest BCUT2D eigenvalue weighted by molar-refractivity contribution is -0.331. The highest BCUT2D eigenvalue weighted by Gasteiger charge is 2.39. The molecule has 0 spiro atoms. The second kappa shape index (κ2) is 10.2. The van der Waals surface area contributed by atoms with Crippen LogP contribution in [0.2, 0.25) is 0 Å². The lowest BCUT2D eigenvalue weighted by Gasteiger charge is -2.18. The fraction of sp³-hybridized carbons (Fsp3) is 0.318. The van der Waals surface area contributed by atoms with Crippen molar-refractivity contribution in [2.24, 2.45) is 0 Å². The van der Waals surface area contributed by atoms with Gasteiger partial charge in [0.25, 0.3) is 0 Å². The number of carbonyl (C=O) groups is 1. The summed E-state index contributed by atoms with van der Waals surface area (Å²) in [6.45, 7) is 3.46. The molecule has 0 aliphatic heterocycles. The molecule has 0 saturated carbocycles. The van der Waals surface area contributed by atoms with E-state index in [4.69, 9.17) is 0 Å². The monoisotopic (exact) mass is 428 g/mol. The Balaban J connectivity index is 1.82. The van der Waals surface area contributed by atoms with Gasteiger partial charge in [-0.15, -0.1) is 8.78 Å². The number of carbonyl (C=O) groups excluding carboxylic acids is 1. The number of halogens is 5. The molecule has 0 amide bonds. The number of alkyl halides is 5. The molecule has 0 bridgehead atoms. The summed E-state index contributed by atoms with van der Waals surface area (Å²) in [7, 11) is 0. The van der Waals surface area contributed by atoms with Crippen LogP contribution in [0.1, 0.15) is 36.8 Å². The van der Waals surface area contributed by atoms with E-state index in [1.54, 1.807) is 18.2 Å². The molecule has 0 saturated heterocycles. The first-order valence-electron chi connectivity index (χ1n) is 9.26. The molecule has 0 atom stereocenters. The van der Waals surface area contributed by atoms with Crippen molar-refractivity contribution in [1.29, 1.82) is 0 Å². The third kappa shape index (κ3) is 8.23. The second-order valence-corrected chi connectivity index (χ2v) is 6.62. The quantitative estimate of drug-likeness (QED) is 0.142. The Morgan fingerprint density at radius 1 is 0.867 bits per heavy atom. The zero-order valence-corrected chi connectivity index (χ0v) is 16.1. The lowest BCUT2D eigenvalue weighted by atomic mass is 10.1. The molecule has 0 aliphatic carbocycles. The van der Waals surface area contributed by atoms with Crippen molar-refractivity contribution in [3.63, 3.8) is 0 Å². The molecule has 2 aromatic rings. The molecular formula is C22H21F5O3. The Hall–Kier alpha value is -2.90. The van der Waals surface area contributed by atoms with Gasteiger partial charge in [-0.2, -0.15) is 13.2 Å². The minimum absolute atomic E-state index is 0.0521. The van der Waals surface area contributed by atoms with Gasteiger partial charge in [-0.05, 0) is 42.5 Å². The molecule has 2 aromatic carbocycles. The van der Waals surface area contributed by atoms with E-state index in [1.165, 1.54) is 36.4 Å². The summed E-state index contributed by atoms with van der Waals surface area (Å²) in [5.74, 6) is -1.54. The smallest absolute Gasteiger partial charge is 0.399 e. The summed E-state index contributed by atoms with van der Waals surface area (Å²) in [4.78, 5) is 11.9. The van der Waals surface area contributed by atoms with Crippen molar-refractivity contribution in [1.82, 2.24) is 0 Å². The van der Waals surface area contributed by atoms with Gasteiger partial charge in [0.05, 0.1) is 5.57 Å². The standard InChI is InChI=1S/C22H21F5O3/c1-16(18-9-5-2-6-10-18)20(28)30-22(26,27)29-19-13-11-17(12-14-19)8-4-3-7-15-21(23,24)25/h2,5-6,9-14H,1,3-4,7-8,15H2. The summed E-state index contributed by atoms with van der Waals surface area (Å²) in [6, 6.07) is 13.6. The molecule has 0 fully saturated rings. The summed E-state index contributed by atoms with van der Waals surface area (Å²) < 4.78 is 72.7. The van der Waals surface area contributed by atoms with Gasteiger partial charge in [0, 0.05) is 6.42 Å². The predicted octanol–water partition coefficient (Wildman–Crippen LogP) is 6.54. The maximum absolute atomic E-state index is 13.9. The van der Waals surface area contributed by atoms with E-state index in [0.29, 0.717) is 24.8 Å². The SMILES string of the molecule is C=C(C(=O)OC(F)(F)Oc1ccc(CCCCCC(F)(F)F)cc1)c1ccccc1. The topological polar surface area (TPSA) is 35.5 Å². The van der Waals surface area contributed by atoms with E-state index in [2.05, 4.69) is 16.1 Å². The summed E-state index contributed by atoms with van der Waals surface area (Å²) in [5.41, 5.74) is 0.879. The van der Waals surface area contributed by atoms with Gasteiger partial charge in [-0.25, -0.2) is 4.79 Å². The molecular weight excluding hydrogens is 407 g/mol. The molecule has 2 rings (SSSR count). The summed E-state index contributed by atoms with van der Waals surface area (Å²) in [5, 5.41) is 0. The van der Waals surface area contributed by atoms with Gasteiger partial charge in [0.15, 0.2) is 0 Å². The van der Waals surface area contributed by atoms with Gasteiger partial charge in [-0.1, -0.05) is 55.5 Å². The van der Waals surface area contributed by atoms with Gasteiger partial charge in [0.1, 0.15) is 5.75 Å². The molecule has 8 heteroatoms. The first kappa shape index (κ1) is 23.4. The van der Waals surface area contributed by atoms with Crippen LogP contribution in [-0.2, 0) is 16.0 Å². The molecule has 162 valence electrons. The number of rotatable bonds is 10. The first-order valence-corrected chi connectivity index (χ1v) is 9.26. The highest BCUT2D eigenvalue weighted by Crippen LogP contribution is 2.26. The second-order valence-electron chi connectivity index (χ2n) is 6.62. The van der Waals surface area contributed by atoms with Crippen LogP contribution in [0.25, 0.3) is 5.57 Å². The number of esters is 1. The van der Waals surface area contributed by atoms with Crippen molar-refractivity contribution in [2.75, 3.05) is 0 Å². The third-order valence-electron chi connectivity index (χ3n) is 4.17. The van der Waals surface area contributed by atoms with Gasteiger partial charge in [-0.3, -0.25) is 0 Å². The van der Waals surface area contributed by atoms with Crippen LogP contribution >= 0.6 is 0 Å². The molecule has 0 aliphatic rings. The number of aryl methyl sites for hydroxylation is 1. The van der Waals surface area contributed by atoms with Gasteiger partial charge >= 0.3 is 18.4 Å². The Labute approximate surface area is 171 Å². The van der Waals surface area contributed by atoms with Crippen LogP contribution in [0.3, 0.4) is 0 Å². The van der Waals surface area contributed by atoms with Crippen molar-refractivity contribution >= 4 is 11.5 Å². The van der Waals surface area contributed by atoms with E-state index < -0.39 is 24.9 Å². The van der Waals surface area contributed by atoms with Crippen LogP contribution in [0.4, 0.5) is 22.0 Å².